The van der Waals surface area contributed by atoms with Crippen LogP contribution in [-0.2, 0) is 13.0 Å². The molecule has 0 fully saturated rings. The number of aliphatic hydroxyl groups is 2. The van der Waals surface area contributed by atoms with Crippen molar-refractivity contribution in [3.05, 3.63) is 46.8 Å². The van der Waals surface area contributed by atoms with Crippen LogP contribution in [0.15, 0.2) is 24.4 Å². The number of nitriles is 1. The lowest BCUT2D eigenvalue weighted by Gasteiger charge is -2.29. The monoisotopic (exact) mass is 450 g/mol. The number of nitrogens with one attached hydrogen (secondary N) is 2. The predicted molar refractivity (Wildman–Crippen MR) is 128 cm³/mol. The standard InChI is InChI=1S/C24H30N6O3/c1-4-5-8-19-17(14-31)10-16-7-6-9-30(22(16)28-19)23(32)29-21-11-20(18(12-25)13-26-21)27-15-24(2,3)33/h5,8,10-11,13,31,33H,4,6-7,9,14-15H2,1-3H3,(H2,26,27,29,32)/b8-5+. The molecule has 3 heterocycles. The predicted octanol–water partition coefficient (Wildman–Crippen LogP) is 3.43. The van der Waals surface area contributed by atoms with Crippen LogP contribution < -0.4 is 15.5 Å². The number of aryl methyl sites for hydroxylation is 1. The van der Waals surface area contributed by atoms with Gasteiger partial charge in [-0.2, -0.15) is 5.26 Å². The van der Waals surface area contributed by atoms with Crippen molar-refractivity contribution in [3.8, 4) is 6.07 Å². The second-order valence-electron chi connectivity index (χ2n) is 8.56. The molecule has 2 aromatic rings. The van der Waals surface area contributed by atoms with Crippen LogP contribution in [0.3, 0.4) is 0 Å². The number of pyridine rings is 2. The highest BCUT2D eigenvalue weighted by Gasteiger charge is 2.26. The number of aromatic nitrogens is 2. The summed E-state index contributed by atoms with van der Waals surface area (Å²) in [5.41, 5.74) is 2.10. The van der Waals surface area contributed by atoms with E-state index < -0.39 is 5.60 Å². The second kappa shape index (κ2) is 10.4. The number of anilines is 3. The molecule has 0 aliphatic carbocycles. The molecule has 0 radical (unpaired) electrons. The van der Waals surface area contributed by atoms with Gasteiger partial charge in [-0.15, -0.1) is 0 Å². The first kappa shape index (κ1) is 24.2. The van der Waals surface area contributed by atoms with Crippen LogP contribution in [0.4, 0.5) is 22.1 Å². The number of carbonyl (C=O) groups excluding carboxylic acids is 1. The van der Waals surface area contributed by atoms with Gasteiger partial charge in [0.25, 0.3) is 0 Å². The van der Waals surface area contributed by atoms with E-state index >= 15 is 0 Å². The van der Waals surface area contributed by atoms with E-state index in [1.807, 2.05) is 25.1 Å². The summed E-state index contributed by atoms with van der Waals surface area (Å²) in [4.78, 5) is 23.6. The van der Waals surface area contributed by atoms with Gasteiger partial charge in [0.1, 0.15) is 17.7 Å². The number of fused-ring (bicyclic) bond motifs is 1. The number of carbonyl (C=O) groups is 1. The molecule has 2 aromatic heterocycles. The summed E-state index contributed by atoms with van der Waals surface area (Å²) in [5.74, 6) is 0.850. The number of nitrogens with zero attached hydrogens (tertiary/aromatic N) is 4. The third-order valence-electron chi connectivity index (χ3n) is 5.17. The fourth-order valence-electron chi connectivity index (χ4n) is 3.50. The van der Waals surface area contributed by atoms with Gasteiger partial charge in [-0.05, 0) is 50.8 Å². The number of hydrogen-bond acceptors (Lipinski definition) is 7. The Morgan fingerprint density at radius 3 is 2.85 bits per heavy atom. The number of aliphatic hydroxyl groups excluding tert-OH is 1. The molecule has 1 aliphatic heterocycles. The normalized spacial score (nSPS) is 13.5. The fraction of sp³-hybridized carbons (Fsp3) is 0.417. The van der Waals surface area contributed by atoms with Crippen molar-refractivity contribution < 1.29 is 15.0 Å². The molecule has 33 heavy (non-hydrogen) atoms. The van der Waals surface area contributed by atoms with E-state index in [0.29, 0.717) is 29.3 Å². The quantitative estimate of drug-likeness (QED) is 0.508. The van der Waals surface area contributed by atoms with Crippen LogP contribution in [0, 0.1) is 11.3 Å². The Morgan fingerprint density at radius 1 is 1.39 bits per heavy atom. The van der Waals surface area contributed by atoms with E-state index in [1.165, 1.54) is 6.20 Å². The average molecular weight is 451 g/mol. The van der Waals surface area contributed by atoms with Crippen LogP contribution in [0.2, 0.25) is 0 Å². The summed E-state index contributed by atoms with van der Waals surface area (Å²) < 4.78 is 0. The molecule has 3 rings (SSSR count). The van der Waals surface area contributed by atoms with Crippen LogP contribution in [0.25, 0.3) is 6.08 Å². The summed E-state index contributed by atoms with van der Waals surface area (Å²) in [6.45, 7) is 5.94. The minimum Gasteiger partial charge on any atom is -0.392 e. The molecule has 0 atom stereocenters. The van der Waals surface area contributed by atoms with Crippen molar-refractivity contribution in [1.82, 2.24) is 9.97 Å². The maximum absolute atomic E-state index is 13.1. The van der Waals surface area contributed by atoms with Gasteiger partial charge in [0.05, 0.1) is 29.2 Å². The molecule has 0 spiro atoms. The van der Waals surface area contributed by atoms with E-state index in [9.17, 15) is 20.3 Å². The highest BCUT2D eigenvalue weighted by Crippen LogP contribution is 2.29. The van der Waals surface area contributed by atoms with E-state index in [2.05, 4.69) is 26.7 Å². The summed E-state index contributed by atoms with van der Waals surface area (Å²) in [5, 5.41) is 34.9. The zero-order chi connectivity index (χ0) is 24.0. The number of amides is 2. The van der Waals surface area contributed by atoms with Gasteiger partial charge in [0, 0.05) is 30.9 Å². The fourth-order valence-corrected chi connectivity index (χ4v) is 3.50. The molecule has 0 saturated carbocycles. The Hall–Kier alpha value is -3.48. The molecule has 9 heteroatoms. The van der Waals surface area contributed by atoms with Crippen molar-refractivity contribution in [2.45, 2.75) is 52.2 Å². The third-order valence-corrected chi connectivity index (χ3v) is 5.17. The van der Waals surface area contributed by atoms with Crippen molar-refractivity contribution >= 4 is 29.4 Å². The zero-order valence-corrected chi connectivity index (χ0v) is 19.2. The summed E-state index contributed by atoms with van der Waals surface area (Å²) in [6.07, 6.45) is 7.59. The van der Waals surface area contributed by atoms with Crippen LogP contribution >= 0.6 is 0 Å². The Labute approximate surface area is 193 Å². The number of allylic oxidation sites excluding steroid dienone is 1. The molecular weight excluding hydrogens is 420 g/mol. The number of rotatable bonds is 7. The van der Waals surface area contributed by atoms with Crippen molar-refractivity contribution in [1.29, 1.82) is 5.26 Å². The molecule has 174 valence electrons. The van der Waals surface area contributed by atoms with Crippen molar-refractivity contribution in [2.75, 3.05) is 28.6 Å². The van der Waals surface area contributed by atoms with Gasteiger partial charge in [0.15, 0.2) is 0 Å². The van der Waals surface area contributed by atoms with E-state index in [0.717, 1.165) is 30.4 Å². The zero-order valence-electron chi connectivity index (χ0n) is 19.2. The Bertz CT molecular complexity index is 1080. The van der Waals surface area contributed by atoms with Crippen molar-refractivity contribution in [2.24, 2.45) is 0 Å². The minimum atomic E-state index is -0.972. The van der Waals surface area contributed by atoms with Gasteiger partial charge in [0.2, 0.25) is 0 Å². The maximum Gasteiger partial charge on any atom is 0.328 e. The van der Waals surface area contributed by atoms with E-state index in [-0.39, 0.29) is 25.0 Å². The highest BCUT2D eigenvalue weighted by atomic mass is 16.3. The summed E-state index contributed by atoms with van der Waals surface area (Å²) in [7, 11) is 0. The Morgan fingerprint density at radius 2 is 2.18 bits per heavy atom. The van der Waals surface area contributed by atoms with Gasteiger partial charge in [-0.3, -0.25) is 10.2 Å². The molecule has 0 bridgehead atoms. The first-order valence-corrected chi connectivity index (χ1v) is 11.0. The van der Waals surface area contributed by atoms with Gasteiger partial charge >= 0.3 is 6.03 Å². The third kappa shape index (κ3) is 6.06. The molecular formula is C24H30N6O3. The molecule has 2 amide bonds. The molecule has 4 N–H and O–H groups in total. The van der Waals surface area contributed by atoms with E-state index in [1.54, 1.807) is 24.8 Å². The van der Waals surface area contributed by atoms with Crippen LogP contribution in [0.1, 0.15) is 56.0 Å². The van der Waals surface area contributed by atoms with Gasteiger partial charge in [-0.1, -0.05) is 13.0 Å². The SMILES string of the molecule is CC/C=C/c1nc2c(cc1CO)CCCN2C(=O)Nc1cc(NCC(C)(C)O)c(C#N)cn1. The first-order valence-electron chi connectivity index (χ1n) is 11.0. The molecule has 0 aromatic carbocycles. The molecule has 0 unspecified atom stereocenters. The Kier molecular flexibility index (Phi) is 7.63. The number of hydrogen-bond donors (Lipinski definition) is 4. The maximum atomic E-state index is 13.1. The smallest absolute Gasteiger partial charge is 0.328 e. The van der Waals surface area contributed by atoms with Crippen molar-refractivity contribution in [3.63, 3.8) is 0 Å². The van der Waals surface area contributed by atoms with Gasteiger partial charge in [-0.25, -0.2) is 14.8 Å². The second-order valence-corrected chi connectivity index (χ2v) is 8.56. The average Bonchev–Trinajstić information content (AvgIpc) is 2.79. The Balaban J connectivity index is 1.86. The number of urea groups is 1. The first-order chi connectivity index (χ1) is 15.8. The van der Waals surface area contributed by atoms with Crippen LogP contribution in [0.5, 0.6) is 0 Å². The van der Waals surface area contributed by atoms with Gasteiger partial charge < -0.3 is 15.5 Å². The van der Waals surface area contributed by atoms with Crippen LogP contribution in [-0.4, -0.2) is 44.9 Å². The largest absolute Gasteiger partial charge is 0.392 e. The topological polar surface area (TPSA) is 134 Å². The van der Waals surface area contributed by atoms with E-state index in [4.69, 9.17) is 0 Å². The summed E-state index contributed by atoms with van der Waals surface area (Å²) >= 11 is 0. The minimum absolute atomic E-state index is 0.120. The lowest BCUT2D eigenvalue weighted by Crippen LogP contribution is -2.39. The lowest BCUT2D eigenvalue weighted by molar-refractivity contribution is 0.0945. The molecule has 1 aliphatic rings. The summed E-state index contributed by atoms with van der Waals surface area (Å²) in [6, 6.07) is 5.16. The molecule has 9 nitrogen and oxygen atoms in total. The lowest BCUT2D eigenvalue weighted by atomic mass is 10.0. The molecule has 0 saturated heterocycles. The highest BCUT2D eigenvalue weighted by molar-refractivity contribution is 6.01.